The first-order valence-electron chi connectivity index (χ1n) is 8.50. The Labute approximate surface area is 146 Å². The molecule has 0 atom stereocenters. The van der Waals surface area contributed by atoms with E-state index in [1.165, 1.54) is 0 Å². The highest BCUT2D eigenvalue weighted by atomic mass is 16.2. The van der Waals surface area contributed by atoms with Crippen LogP contribution in [0.25, 0.3) is 11.3 Å². The fraction of sp³-hybridized carbons (Fsp3) is 0.389. The molecule has 0 radical (unpaired) electrons. The van der Waals surface area contributed by atoms with E-state index < -0.39 is 0 Å². The third kappa shape index (κ3) is 4.59. The summed E-state index contributed by atoms with van der Waals surface area (Å²) in [5.41, 5.74) is 3.06. The van der Waals surface area contributed by atoms with E-state index in [9.17, 15) is 9.59 Å². The maximum Gasteiger partial charge on any atom is 0.315 e. The number of rotatable bonds is 4. The maximum absolute atomic E-state index is 12.0. The van der Waals surface area contributed by atoms with Gasteiger partial charge in [0, 0.05) is 38.8 Å². The van der Waals surface area contributed by atoms with Crippen molar-refractivity contribution in [2.24, 2.45) is 0 Å². The molecule has 2 aromatic rings. The summed E-state index contributed by atoms with van der Waals surface area (Å²) in [4.78, 5) is 25.2. The second-order valence-corrected chi connectivity index (χ2v) is 6.27. The van der Waals surface area contributed by atoms with Crippen molar-refractivity contribution in [1.29, 1.82) is 0 Å². The molecule has 0 spiro atoms. The Balaban J connectivity index is 1.43. The van der Waals surface area contributed by atoms with Crippen molar-refractivity contribution < 1.29 is 9.59 Å². The quantitative estimate of drug-likeness (QED) is 0.793. The van der Waals surface area contributed by atoms with Gasteiger partial charge in [0.1, 0.15) is 0 Å². The van der Waals surface area contributed by atoms with E-state index in [1.807, 2.05) is 35.2 Å². The van der Waals surface area contributed by atoms with Crippen LogP contribution in [-0.4, -0.2) is 46.2 Å². The zero-order valence-electron chi connectivity index (χ0n) is 14.3. The molecule has 0 aliphatic carbocycles. The first-order chi connectivity index (χ1) is 12.1. The number of likely N-dealkylation sites (tertiary alicyclic amines) is 1. The number of carbonyl (C=O) groups excluding carboxylic acids is 2. The highest BCUT2D eigenvalue weighted by Gasteiger charge is 2.21. The van der Waals surface area contributed by atoms with Gasteiger partial charge in [-0.15, -0.1) is 0 Å². The summed E-state index contributed by atoms with van der Waals surface area (Å²) in [5, 5.41) is 12.7. The molecule has 7 heteroatoms. The van der Waals surface area contributed by atoms with Gasteiger partial charge in [-0.25, -0.2) is 4.79 Å². The fourth-order valence-corrected chi connectivity index (χ4v) is 2.98. The van der Waals surface area contributed by atoms with Gasteiger partial charge in [0.2, 0.25) is 5.91 Å². The summed E-state index contributed by atoms with van der Waals surface area (Å²) >= 11 is 0. The molecule has 0 unspecified atom stereocenters. The molecule has 2 heterocycles. The number of nitrogens with zero attached hydrogens (tertiary/aromatic N) is 2. The smallest absolute Gasteiger partial charge is 0.315 e. The number of aromatic nitrogens is 2. The molecule has 3 N–H and O–H groups in total. The second kappa shape index (κ2) is 7.83. The van der Waals surface area contributed by atoms with Gasteiger partial charge < -0.3 is 15.5 Å². The number of benzene rings is 1. The molecule has 7 nitrogen and oxygen atoms in total. The lowest BCUT2D eigenvalue weighted by molar-refractivity contribution is -0.129. The third-order valence-corrected chi connectivity index (χ3v) is 4.49. The summed E-state index contributed by atoms with van der Waals surface area (Å²) in [6.45, 7) is 3.46. The van der Waals surface area contributed by atoms with E-state index in [0.717, 1.165) is 29.7 Å². The van der Waals surface area contributed by atoms with Gasteiger partial charge >= 0.3 is 6.03 Å². The molecule has 3 amide bonds. The second-order valence-electron chi connectivity index (χ2n) is 6.27. The number of hydrogen-bond acceptors (Lipinski definition) is 3. The average Bonchev–Trinajstić information content (AvgIpc) is 3.15. The predicted octanol–water partition coefficient (Wildman–Crippen LogP) is 1.89. The first kappa shape index (κ1) is 17.0. The molecule has 1 fully saturated rings. The van der Waals surface area contributed by atoms with E-state index in [1.54, 1.807) is 13.1 Å². The standard InChI is InChI=1S/C18H23N5O2/c1-13(24)23-10-7-16(8-11-23)21-18(25)19-12-14-2-4-15(5-3-14)17-6-9-20-22-17/h2-6,9,16H,7-8,10-12H2,1H3,(H,20,22)(H2,19,21,25). The average molecular weight is 341 g/mol. The van der Waals surface area contributed by atoms with Crippen molar-refractivity contribution in [3.8, 4) is 11.3 Å². The minimum atomic E-state index is -0.168. The SMILES string of the molecule is CC(=O)N1CCC(NC(=O)NCc2ccc(-c3ccn[nH]3)cc2)CC1. The molecule has 1 aromatic heterocycles. The molecular weight excluding hydrogens is 318 g/mol. The fourth-order valence-electron chi connectivity index (χ4n) is 2.98. The van der Waals surface area contributed by atoms with Gasteiger partial charge in [-0.1, -0.05) is 24.3 Å². The first-order valence-corrected chi connectivity index (χ1v) is 8.50. The summed E-state index contributed by atoms with van der Waals surface area (Å²) in [5.74, 6) is 0.0986. The van der Waals surface area contributed by atoms with Crippen LogP contribution in [0.4, 0.5) is 4.79 Å². The van der Waals surface area contributed by atoms with Gasteiger partial charge in [-0.2, -0.15) is 5.10 Å². The predicted molar refractivity (Wildman–Crippen MR) is 94.7 cm³/mol. The van der Waals surface area contributed by atoms with Crippen LogP contribution in [0.5, 0.6) is 0 Å². The van der Waals surface area contributed by atoms with Crippen LogP contribution in [0.15, 0.2) is 36.5 Å². The number of piperidine rings is 1. The topological polar surface area (TPSA) is 90.1 Å². The number of carbonyl (C=O) groups is 2. The van der Waals surface area contributed by atoms with Crippen LogP contribution >= 0.6 is 0 Å². The van der Waals surface area contributed by atoms with Crippen molar-refractivity contribution in [2.75, 3.05) is 13.1 Å². The van der Waals surface area contributed by atoms with Gasteiger partial charge in [-0.05, 0) is 30.0 Å². The third-order valence-electron chi connectivity index (χ3n) is 4.49. The lowest BCUT2D eigenvalue weighted by Gasteiger charge is -2.31. The number of hydrogen-bond donors (Lipinski definition) is 3. The highest BCUT2D eigenvalue weighted by Crippen LogP contribution is 2.16. The van der Waals surface area contributed by atoms with Crippen molar-refractivity contribution >= 4 is 11.9 Å². The van der Waals surface area contributed by atoms with E-state index in [2.05, 4.69) is 20.8 Å². The minimum absolute atomic E-state index is 0.0986. The lowest BCUT2D eigenvalue weighted by Crippen LogP contribution is -2.48. The molecule has 3 rings (SSSR count). The van der Waals surface area contributed by atoms with Crippen LogP contribution in [0, 0.1) is 0 Å². The normalized spacial score (nSPS) is 15.0. The summed E-state index contributed by atoms with van der Waals surface area (Å²) in [7, 11) is 0. The molecular formula is C18H23N5O2. The maximum atomic E-state index is 12.0. The monoisotopic (exact) mass is 341 g/mol. The van der Waals surface area contributed by atoms with Crippen molar-refractivity contribution in [3.63, 3.8) is 0 Å². The van der Waals surface area contributed by atoms with Gasteiger partial charge in [0.25, 0.3) is 0 Å². The van der Waals surface area contributed by atoms with E-state index in [4.69, 9.17) is 0 Å². The van der Waals surface area contributed by atoms with Crippen LogP contribution < -0.4 is 10.6 Å². The van der Waals surface area contributed by atoms with Crippen LogP contribution in [0.2, 0.25) is 0 Å². The number of nitrogens with one attached hydrogen (secondary N) is 3. The highest BCUT2D eigenvalue weighted by molar-refractivity contribution is 5.75. The lowest BCUT2D eigenvalue weighted by atomic mass is 10.1. The molecule has 1 aliphatic heterocycles. The summed E-state index contributed by atoms with van der Waals surface area (Å²) in [6.07, 6.45) is 3.31. The van der Waals surface area contributed by atoms with Crippen LogP contribution in [0.3, 0.4) is 0 Å². The molecule has 1 aliphatic rings. The number of aromatic amines is 1. The molecule has 0 saturated carbocycles. The minimum Gasteiger partial charge on any atom is -0.343 e. The number of H-pyrrole nitrogens is 1. The Morgan fingerprint density at radius 3 is 2.52 bits per heavy atom. The molecule has 1 aromatic carbocycles. The largest absolute Gasteiger partial charge is 0.343 e. The Hall–Kier alpha value is -2.83. The Bertz CT molecular complexity index is 704. The zero-order chi connectivity index (χ0) is 17.6. The van der Waals surface area contributed by atoms with E-state index >= 15 is 0 Å². The number of amides is 3. The van der Waals surface area contributed by atoms with Gasteiger partial charge in [0.15, 0.2) is 0 Å². The zero-order valence-corrected chi connectivity index (χ0v) is 14.3. The Morgan fingerprint density at radius 1 is 1.20 bits per heavy atom. The van der Waals surface area contributed by atoms with Gasteiger partial charge in [-0.3, -0.25) is 9.89 Å². The van der Waals surface area contributed by atoms with Crippen LogP contribution in [0.1, 0.15) is 25.3 Å². The van der Waals surface area contributed by atoms with Gasteiger partial charge in [0.05, 0.1) is 5.69 Å². The van der Waals surface area contributed by atoms with Crippen molar-refractivity contribution in [3.05, 3.63) is 42.1 Å². The number of urea groups is 1. The Morgan fingerprint density at radius 2 is 1.92 bits per heavy atom. The summed E-state index contributed by atoms with van der Waals surface area (Å²) in [6, 6.07) is 9.85. The van der Waals surface area contributed by atoms with Crippen LogP contribution in [-0.2, 0) is 11.3 Å². The molecule has 132 valence electrons. The molecule has 0 bridgehead atoms. The summed E-state index contributed by atoms with van der Waals surface area (Å²) < 4.78 is 0. The Kier molecular flexibility index (Phi) is 5.33. The van der Waals surface area contributed by atoms with Crippen molar-refractivity contribution in [2.45, 2.75) is 32.4 Å². The van der Waals surface area contributed by atoms with E-state index in [-0.39, 0.29) is 18.0 Å². The molecule has 25 heavy (non-hydrogen) atoms. The van der Waals surface area contributed by atoms with E-state index in [0.29, 0.717) is 19.6 Å². The molecule has 1 saturated heterocycles. The van der Waals surface area contributed by atoms with Crippen molar-refractivity contribution in [1.82, 2.24) is 25.7 Å².